The maximum atomic E-state index is 2.54. The second-order valence-electron chi connectivity index (χ2n) is 17.6. The van der Waals surface area contributed by atoms with Gasteiger partial charge in [-0.25, -0.2) is 0 Å². The number of para-hydroxylation sites is 3. The van der Waals surface area contributed by atoms with Gasteiger partial charge in [0.05, 0.1) is 22.1 Å². The van der Waals surface area contributed by atoms with Gasteiger partial charge in [-0.05, 0) is 122 Å². The quantitative estimate of drug-likeness (QED) is 0.168. The van der Waals surface area contributed by atoms with Crippen molar-refractivity contribution in [1.82, 2.24) is 4.57 Å². The fourth-order valence-corrected chi connectivity index (χ4v) is 14.0. The van der Waals surface area contributed by atoms with E-state index in [1.54, 1.807) is 0 Å². The van der Waals surface area contributed by atoms with E-state index in [0.717, 1.165) is 22.7 Å². The third-order valence-corrected chi connectivity index (χ3v) is 17.0. The number of hydrogen-bond donors (Lipinski definition) is 0. The van der Waals surface area contributed by atoms with Crippen LogP contribution in [0.15, 0.2) is 240 Å². The molecule has 1 atom stereocenters. The van der Waals surface area contributed by atoms with E-state index >= 15 is 0 Å². The highest BCUT2D eigenvalue weighted by Gasteiger charge is 2.51. The van der Waals surface area contributed by atoms with Crippen LogP contribution in [0.2, 0.25) is 0 Å². The number of benzene rings is 10. The lowest BCUT2D eigenvalue weighted by atomic mass is 9.59. The third kappa shape index (κ3) is 5.10. The Morgan fingerprint density at radius 1 is 0.391 bits per heavy atom. The summed E-state index contributed by atoms with van der Waals surface area (Å²) in [6.07, 6.45) is 5.01. The van der Waals surface area contributed by atoms with E-state index in [1.807, 2.05) is 0 Å². The molecule has 3 heteroatoms. The molecule has 0 amide bonds. The fraction of sp³-hybridized carbons (Fsp3) is 0.0492. The molecule has 2 aliphatic rings. The van der Waals surface area contributed by atoms with Gasteiger partial charge >= 0.3 is 0 Å². The Balaban J connectivity index is 1.08. The molecular formula is C61H44N2S. The smallest absolute Gasteiger partial charge is 0.0734 e. The Bertz CT molecular complexity index is 3650. The maximum absolute atomic E-state index is 2.54. The number of fused-ring (bicyclic) bond motifs is 11. The molecule has 0 bridgehead atoms. The van der Waals surface area contributed by atoms with Crippen molar-refractivity contribution < 1.29 is 0 Å². The molecule has 64 heavy (non-hydrogen) atoms. The molecule has 13 rings (SSSR count). The molecule has 1 unspecified atom stereocenters. The second-order valence-corrected chi connectivity index (χ2v) is 21.1. The molecule has 304 valence electrons. The molecule has 11 aromatic rings. The van der Waals surface area contributed by atoms with E-state index in [-0.39, 0.29) is 0 Å². The first-order valence-corrected chi connectivity index (χ1v) is 24.6. The van der Waals surface area contributed by atoms with Crippen LogP contribution in [0, 0.1) is 0 Å². The number of rotatable bonds is 5. The molecule has 0 N–H and O–H groups in total. The van der Waals surface area contributed by atoms with Gasteiger partial charge in [-0.3, -0.25) is 0 Å². The third-order valence-electron chi connectivity index (χ3n) is 14.1. The topological polar surface area (TPSA) is 8.17 Å². The van der Waals surface area contributed by atoms with Crippen LogP contribution >= 0.6 is 10.0 Å². The monoisotopic (exact) mass is 836 g/mol. The molecule has 1 aliphatic heterocycles. The predicted molar refractivity (Wildman–Crippen MR) is 272 cm³/mol. The van der Waals surface area contributed by atoms with Gasteiger partial charge in [-0.15, -0.1) is 0 Å². The van der Waals surface area contributed by atoms with Crippen molar-refractivity contribution in [2.45, 2.75) is 15.2 Å². The van der Waals surface area contributed by atoms with Crippen LogP contribution in [0.4, 0.5) is 17.1 Å². The van der Waals surface area contributed by atoms with E-state index in [1.165, 1.54) is 86.9 Å². The normalized spacial score (nSPS) is 16.0. The van der Waals surface area contributed by atoms with Gasteiger partial charge < -0.3 is 9.47 Å². The Morgan fingerprint density at radius 3 is 1.83 bits per heavy atom. The van der Waals surface area contributed by atoms with Crippen LogP contribution in [-0.4, -0.2) is 17.1 Å². The standard InChI is InChI=1S/C61H44N2S/c1-64(2)58-34-16-13-30-52(58)61(51-29-12-9-26-47(51)50-28-17-21-42-22-18-31-54(61)60(42)50)53-38-36-45(40-59(53)64)62(43-23-7-4-8-24-43)44-35-37-49-48-27-11-15-33-56(48)63(57(49)39-44)55-32-14-10-25-46(55)41-19-5-3-6-20-41/h3-40H,1-2H3. The van der Waals surface area contributed by atoms with E-state index in [9.17, 15) is 0 Å². The Morgan fingerprint density at radius 2 is 0.984 bits per heavy atom. The molecule has 1 aromatic heterocycles. The summed E-state index contributed by atoms with van der Waals surface area (Å²) in [6.45, 7) is 0. The number of aromatic nitrogens is 1. The molecule has 0 saturated carbocycles. The lowest BCUT2D eigenvalue weighted by Gasteiger charge is -2.52. The zero-order valence-electron chi connectivity index (χ0n) is 35.7. The number of nitrogens with zero attached hydrogens (tertiary/aromatic N) is 2. The van der Waals surface area contributed by atoms with Gasteiger partial charge in [0.2, 0.25) is 0 Å². The average molecular weight is 837 g/mol. The van der Waals surface area contributed by atoms with Crippen LogP contribution in [0.25, 0.3) is 60.5 Å². The van der Waals surface area contributed by atoms with Crippen molar-refractivity contribution >= 4 is 59.7 Å². The van der Waals surface area contributed by atoms with Crippen LogP contribution in [-0.2, 0) is 5.41 Å². The molecule has 2 heterocycles. The molecule has 0 saturated heterocycles. The summed E-state index contributed by atoms with van der Waals surface area (Å²) in [4.78, 5) is 5.33. The highest BCUT2D eigenvalue weighted by Crippen LogP contribution is 2.70. The summed E-state index contributed by atoms with van der Waals surface area (Å²) < 4.78 is 2.47. The minimum absolute atomic E-state index is 0.499. The molecule has 1 spiro atoms. The molecule has 0 radical (unpaired) electrons. The van der Waals surface area contributed by atoms with E-state index < -0.39 is 15.4 Å². The Kier molecular flexibility index (Phi) is 8.07. The van der Waals surface area contributed by atoms with Crippen molar-refractivity contribution in [1.29, 1.82) is 0 Å². The number of hydrogen-bond acceptors (Lipinski definition) is 1. The molecule has 10 aromatic carbocycles. The first-order valence-electron chi connectivity index (χ1n) is 22.2. The van der Waals surface area contributed by atoms with Crippen molar-refractivity contribution in [2.24, 2.45) is 0 Å². The summed E-state index contributed by atoms with van der Waals surface area (Å²) in [5.41, 5.74) is 16.9. The fourth-order valence-electron chi connectivity index (χ4n) is 11.4. The summed E-state index contributed by atoms with van der Waals surface area (Å²) >= 11 is 0. The SMILES string of the molecule is CS1(C)c2ccccc2C2(c3ccccc3-c3cccc4cccc2c34)c2ccc(N(c3ccccc3)c3ccc4c5ccccc5n(-c5ccccc5-c5ccccc5)c4c3)cc21. The lowest BCUT2D eigenvalue weighted by molar-refractivity contribution is 0.703. The second kappa shape index (κ2) is 14.0. The largest absolute Gasteiger partial charge is 0.310 e. The lowest BCUT2D eigenvalue weighted by Crippen LogP contribution is -2.38. The van der Waals surface area contributed by atoms with Gasteiger partial charge in [0.25, 0.3) is 0 Å². The van der Waals surface area contributed by atoms with E-state index in [2.05, 4.69) is 253 Å². The molecule has 0 fully saturated rings. The van der Waals surface area contributed by atoms with E-state index in [0.29, 0.717) is 0 Å². The Labute approximate surface area is 375 Å². The molecule has 1 aliphatic carbocycles. The highest BCUT2D eigenvalue weighted by molar-refractivity contribution is 8.32. The maximum Gasteiger partial charge on any atom is 0.0734 e. The first kappa shape index (κ1) is 37.0. The van der Waals surface area contributed by atoms with Gasteiger partial charge in [-0.1, -0.05) is 176 Å². The van der Waals surface area contributed by atoms with Crippen molar-refractivity contribution in [3.63, 3.8) is 0 Å². The summed E-state index contributed by atoms with van der Waals surface area (Å²) in [7, 11) is -1.50. The van der Waals surface area contributed by atoms with Gasteiger partial charge in [0.15, 0.2) is 0 Å². The van der Waals surface area contributed by atoms with Crippen molar-refractivity contribution in [2.75, 3.05) is 17.4 Å². The minimum Gasteiger partial charge on any atom is -0.310 e. The highest BCUT2D eigenvalue weighted by atomic mass is 32.3. The summed E-state index contributed by atoms with van der Waals surface area (Å²) in [6, 6.07) is 86.1. The van der Waals surface area contributed by atoms with Crippen LogP contribution in [0.5, 0.6) is 0 Å². The zero-order chi connectivity index (χ0) is 42.6. The zero-order valence-corrected chi connectivity index (χ0v) is 36.6. The minimum atomic E-state index is -1.50. The Hall–Kier alpha value is -7.59. The molecule has 2 nitrogen and oxygen atoms in total. The number of anilines is 3. The van der Waals surface area contributed by atoms with Crippen LogP contribution in [0.1, 0.15) is 22.3 Å². The van der Waals surface area contributed by atoms with Crippen molar-refractivity contribution in [3.8, 4) is 27.9 Å². The van der Waals surface area contributed by atoms with Gasteiger partial charge in [-0.2, -0.15) is 10.0 Å². The average Bonchev–Trinajstić information content (AvgIpc) is 3.68. The van der Waals surface area contributed by atoms with Gasteiger partial charge in [0, 0.05) is 38.3 Å². The molecular weight excluding hydrogens is 793 g/mol. The van der Waals surface area contributed by atoms with Gasteiger partial charge in [0.1, 0.15) is 0 Å². The summed E-state index contributed by atoms with van der Waals surface area (Å²) in [5, 5.41) is 5.11. The van der Waals surface area contributed by atoms with Crippen molar-refractivity contribution in [3.05, 3.63) is 253 Å². The van der Waals surface area contributed by atoms with Crippen LogP contribution in [0.3, 0.4) is 0 Å². The first-order chi connectivity index (χ1) is 31.5. The predicted octanol–water partition coefficient (Wildman–Crippen LogP) is 16.2. The van der Waals surface area contributed by atoms with E-state index in [4.69, 9.17) is 0 Å². The van der Waals surface area contributed by atoms with Crippen LogP contribution < -0.4 is 4.90 Å². The summed E-state index contributed by atoms with van der Waals surface area (Å²) in [5.74, 6) is 0.